The number of imide groups is 2. The minimum atomic E-state index is -1.07. The molecule has 0 bridgehead atoms. The molecule has 0 atom stereocenters. The van der Waals surface area contributed by atoms with Crippen LogP contribution in [0.1, 0.15) is 40.5 Å². The van der Waals surface area contributed by atoms with Gasteiger partial charge in [0.05, 0.1) is 0 Å². The molecule has 1 heterocycles. The van der Waals surface area contributed by atoms with Gasteiger partial charge in [0.2, 0.25) is 11.8 Å². The molecular weight excluding hydrogens is 208 g/mol. The lowest BCUT2D eigenvalue weighted by atomic mass is 9.78. The number of amides is 4. The maximum atomic E-state index is 12.2. The van der Waals surface area contributed by atoms with Crippen LogP contribution in [-0.4, -0.2) is 28.8 Å². The summed E-state index contributed by atoms with van der Waals surface area (Å²) in [6.07, 6.45) is 0.815. The number of hydrogen-bond donors (Lipinski definition) is 1. The van der Waals surface area contributed by atoms with Gasteiger partial charge in [0.1, 0.15) is 5.41 Å². The van der Waals surface area contributed by atoms with Crippen LogP contribution in [0.25, 0.3) is 0 Å². The van der Waals surface area contributed by atoms with E-state index in [0.717, 1.165) is 4.90 Å². The Kier molecular flexibility index (Phi) is 3.35. The highest BCUT2D eigenvalue weighted by molar-refractivity contribution is 6.19. The van der Waals surface area contributed by atoms with Crippen LogP contribution in [-0.2, 0) is 9.59 Å². The second kappa shape index (κ2) is 4.23. The molecule has 16 heavy (non-hydrogen) atoms. The second-order valence-electron chi connectivity index (χ2n) is 4.32. The molecule has 0 aromatic carbocycles. The lowest BCUT2D eigenvalue weighted by Crippen LogP contribution is -2.65. The van der Waals surface area contributed by atoms with Gasteiger partial charge in [-0.2, -0.15) is 0 Å². The predicted molar refractivity (Wildman–Crippen MR) is 58.5 cm³/mol. The van der Waals surface area contributed by atoms with Crippen molar-refractivity contribution < 1.29 is 14.4 Å². The van der Waals surface area contributed by atoms with Crippen LogP contribution in [0.3, 0.4) is 0 Å². The van der Waals surface area contributed by atoms with Crippen LogP contribution < -0.4 is 5.32 Å². The normalized spacial score (nSPS) is 20.3. The van der Waals surface area contributed by atoms with E-state index in [-0.39, 0.29) is 11.9 Å². The van der Waals surface area contributed by atoms with E-state index in [1.807, 2.05) is 0 Å². The first-order valence-corrected chi connectivity index (χ1v) is 5.59. The Labute approximate surface area is 95.2 Å². The topological polar surface area (TPSA) is 66.5 Å². The standard InChI is InChI=1S/C11H18N2O3/c1-5-11(6-2)8(14)12-10(16)13(7(3)4)9(11)15/h7H,5-6H2,1-4H3,(H,12,14,16). The summed E-state index contributed by atoms with van der Waals surface area (Å²) in [5, 5.41) is 2.26. The molecule has 0 spiro atoms. The zero-order valence-corrected chi connectivity index (χ0v) is 10.2. The summed E-state index contributed by atoms with van der Waals surface area (Å²) in [6.45, 7) is 7.08. The minimum absolute atomic E-state index is 0.238. The predicted octanol–water partition coefficient (Wildman–Crippen LogP) is 1.28. The van der Waals surface area contributed by atoms with Gasteiger partial charge in [0, 0.05) is 6.04 Å². The van der Waals surface area contributed by atoms with E-state index >= 15 is 0 Å². The largest absolute Gasteiger partial charge is 0.331 e. The Hall–Kier alpha value is -1.39. The van der Waals surface area contributed by atoms with Gasteiger partial charge in [-0.05, 0) is 26.7 Å². The van der Waals surface area contributed by atoms with Gasteiger partial charge in [-0.3, -0.25) is 19.8 Å². The highest BCUT2D eigenvalue weighted by atomic mass is 16.2. The summed E-state index contributed by atoms with van der Waals surface area (Å²) >= 11 is 0. The van der Waals surface area contributed by atoms with Crippen LogP contribution in [0.5, 0.6) is 0 Å². The van der Waals surface area contributed by atoms with E-state index in [1.165, 1.54) is 0 Å². The molecule has 90 valence electrons. The van der Waals surface area contributed by atoms with Crippen LogP contribution in [0.15, 0.2) is 0 Å². The molecule has 1 aliphatic heterocycles. The van der Waals surface area contributed by atoms with Crippen molar-refractivity contribution in [3.8, 4) is 0 Å². The van der Waals surface area contributed by atoms with E-state index in [2.05, 4.69) is 5.32 Å². The van der Waals surface area contributed by atoms with Gasteiger partial charge in [-0.15, -0.1) is 0 Å². The molecule has 1 fully saturated rings. The number of carbonyl (C=O) groups excluding carboxylic acids is 3. The first-order valence-electron chi connectivity index (χ1n) is 5.59. The lowest BCUT2D eigenvalue weighted by Gasteiger charge is -2.39. The van der Waals surface area contributed by atoms with E-state index in [0.29, 0.717) is 12.8 Å². The van der Waals surface area contributed by atoms with Crippen LogP contribution in [0.2, 0.25) is 0 Å². The zero-order chi connectivity index (χ0) is 12.5. The average molecular weight is 226 g/mol. The van der Waals surface area contributed by atoms with Crippen molar-refractivity contribution in [1.29, 1.82) is 0 Å². The first-order chi connectivity index (χ1) is 7.40. The molecule has 4 amide bonds. The molecule has 0 aliphatic carbocycles. The fourth-order valence-corrected chi connectivity index (χ4v) is 2.04. The SMILES string of the molecule is CCC1(CC)C(=O)NC(=O)N(C(C)C)C1=O. The number of urea groups is 1. The van der Waals surface area contributed by atoms with Gasteiger partial charge < -0.3 is 0 Å². The number of carbonyl (C=O) groups is 3. The Morgan fingerprint density at radius 2 is 1.69 bits per heavy atom. The van der Waals surface area contributed by atoms with Crippen molar-refractivity contribution in [3.63, 3.8) is 0 Å². The quantitative estimate of drug-likeness (QED) is 0.737. The fourth-order valence-electron chi connectivity index (χ4n) is 2.04. The summed E-state index contributed by atoms with van der Waals surface area (Å²) in [4.78, 5) is 36.7. The van der Waals surface area contributed by atoms with Gasteiger partial charge >= 0.3 is 6.03 Å². The Morgan fingerprint density at radius 1 is 1.19 bits per heavy atom. The van der Waals surface area contributed by atoms with Gasteiger partial charge in [-0.1, -0.05) is 13.8 Å². The molecule has 0 saturated carbocycles. The molecular formula is C11H18N2O3. The molecule has 1 N–H and O–H groups in total. The number of hydrogen-bond acceptors (Lipinski definition) is 3. The lowest BCUT2D eigenvalue weighted by molar-refractivity contribution is -0.153. The highest BCUT2D eigenvalue weighted by Crippen LogP contribution is 2.32. The van der Waals surface area contributed by atoms with E-state index < -0.39 is 17.4 Å². The van der Waals surface area contributed by atoms with Crippen LogP contribution in [0, 0.1) is 5.41 Å². The summed E-state index contributed by atoms with van der Waals surface area (Å²) in [6, 6.07) is -0.847. The van der Waals surface area contributed by atoms with Crippen molar-refractivity contribution in [3.05, 3.63) is 0 Å². The summed E-state index contributed by atoms with van der Waals surface area (Å²) in [7, 11) is 0. The second-order valence-corrected chi connectivity index (χ2v) is 4.32. The van der Waals surface area contributed by atoms with Crippen molar-refractivity contribution in [2.75, 3.05) is 0 Å². The smallest absolute Gasteiger partial charge is 0.277 e. The minimum Gasteiger partial charge on any atom is -0.277 e. The molecule has 0 radical (unpaired) electrons. The molecule has 0 aromatic heterocycles. The van der Waals surface area contributed by atoms with Crippen LogP contribution in [0.4, 0.5) is 4.79 Å². The molecule has 5 nitrogen and oxygen atoms in total. The summed E-state index contributed by atoms with van der Waals surface area (Å²) in [5.74, 6) is -0.842. The Morgan fingerprint density at radius 3 is 2.06 bits per heavy atom. The van der Waals surface area contributed by atoms with Gasteiger partial charge in [0.15, 0.2) is 0 Å². The molecule has 5 heteroatoms. The number of nitrogens with zero attached hydrogens (tertiary/aromatic N) is 1. The third-order valence-electron chi connectivity index (χ3n) is 3.23. The maximum Gasteiger partial charge on any atom is 0.331 e. The van der Waals surface area contributed by atoms with Gasteiger partial charge in [-0.25, -0.2) is 4.79 Å². The molecule has 1 saturated heterocycles. The van der Waals surface area contributed by atoms with E-state index in [4.69, 9.17) is 0 Å². The molecule has 0 unspecified atom stereocenters. The first kappa shape index (κ1) is 12.7. The van der Waals surface area contributed by atoms with Gasteiger partial charge in [0.25, 0.3) is 0 Å². The third-order valence-corrected chi connectivity index (χ3v) is 3.23. The number of nitrogens with one attached hydrogen (secondary N) is 1. The van der Waals surface area contributed by atoms with Crippen molar-refractivity contribution in [2.24, 2.45) is 5.41 Å². The third kappa shape index (κ3) is 1.60. The molecule has 1 rings (SSSR count). The number of barbiturate groups is 1. The average Bonchev–Trinajstić information content (AvgIpc) is 2.18. The van der Waals surface area contributed by atoms with E-state index in [9.17, 15) is 14.4 Å². The van der Waals surface area contributed by atoms with Crippen molar-refractivity contribution >= 4 is 17.8 Å². The zero-order valence-electron chi connectivity index (χ0n) is 10.2. The molecule has 0 aromatic rings. The van der Waals surface area contributed by atoms with E-state index in [1.54, 1.807) is 27.7 Å². The highest BCUT2D eigenvalue weighted by Gasteiger charge is 2.51. The van der Waals surface area contributed by atoms with Crippen LogP contribution >= 0.6 is 0 Å². The fraction of sp³-hybridized carbons (Fsp3) is 0.727. The van der Waals surface area contributed by atoms with Crippen molar-refractivity contribution in [2.45, 2.75) is 46.6 Å². The Bertz CT molecular complexity index is 332. The number of rotatable bonds is 3. The summed E-state index contributed by atoms with van der Waals surface area (Å²) < 4.78 is 0. The van der Waals surface area contributed by atoms with Crippen molar-refractivity contribution in [1.82, 2.24) is 10.2 Å². The Balaban J connectivity index is 3.17. The molecule has 1 aliphatic rings. The maximum absolute atomic E-state index is 12.2. The monoisotopic (exact) mass is 226 g/mol. The summed E-state index contributed by atoms with van der Waals surface area (Å²) in [5.41, 5.74) is -1.07.